The predicted molar refractivity (Wildman–Crippen MR) is 81.2 cm³/mol. The first-order chi connectivity index (χ1) is 9.49. The van der Waals surface area contributed by atoms with E-state index in [1.54, 1.807) is 24.3 Å². The number of para-hydroxylation sites is 1. The number of benzene rings is 2. The molecule has 5 nitrogen and oxygen atoms in total. The first-order valence-corrected chi connectivity index (χ1v) is 6.61. The number of nitro groups is 1. The van der Waals surface area contributed by atoms with Gasteiger partial charge in [-0.25, -0.2) is 0 Å². The fourth-order valence-electron chi connectivity index (χ4n) is 1.54. The van der Waals surface area contributed by atoms with Gasteiger partial charge in [-0.2, -0.15) is 0 Å². The highest BCUT2D eigenvalue weighted by Crippen LogP contribution is 2.33. The van der Waals surface area contributed by atoms with E-state index >= 15 is 0 Å². The van der Waals surface area contributed by atoms with Gasteiger partial charge in [0.25, 0.3) is 0 Å². The quantitative estimate of drug-likeness (QED) is 0.501. The van der Waals surface area contributed by atoms with Crippen molar-refractivity contribution in [2.24, 2.45) is 4.99 Å². The molecule has 2 rings (SSSR count). The summed E-state index contributed by atoms with van der Waals surface area (Å²) in [6.45, 7) is 0. The van der Waals surface area contributed by atoms with Gasteiger partial charge >= 0.3 is 5.69 Å². The molecule has 0 spiro atoms. The number of hydrogen-bond donors (Lipinski definition) is 1. The van der Waals surface area contributed by atoms with Crippen molar-refractivity contribution in [1.29, 1.82) is 0 Å². The molecule has 0 saturated carbocycles. The van der Waals surface area contributed by atoms with Gasteiger partial charge in [0.15, 0.2) is 0 Å². The van der Waals surface area contributed by atoms with E-state index in [1.165, 1.54) is 18.3 Å². The Kier molecular flexibility index (Phi) is 4.36. The van der Waals surface area contributed by atoms with E-state index in [0.29, 0.717) is 15.2 Å². The average Bonchev–Trinajstić information content (AvgIpc) is 2.40. The van der Waals surface area contributed by atoms with Crippen molar-refractivity contribution in [3.8, 4) is 5.75 Å². The van der Waals surface area contributed by atoms with Crippen LogP contribution in [0.2, 0.25) is 5.02 Å². The minimum absolute atomic E-state index is 0.228. The number of phenolic OH excluding ortho intramolecular Hbond substituents is 1. The van der Waals surface area contributed by atoms with E-state index in [1.807, 2.05) is 0 Å². The summed E-state index contributed by atoms with van der Waals surface area (Å²) >= 11 is 9.10. The molecule has 0 aromatic heterocycles. The van der Waals surface area contributed by atoms with Gasteiger partial charge in [-0.1, -0.05) is 39.7 Å². The number of hydrogen-bond acceptors (Lipinski definition) is 4. The highest BCUT2D eigenvalue weighted by atomic mass is 79.9. The van der Waals surface area contributed by atoms with Crippen molar-refractivity contribution in [2.75, 3.05) is 0 Å². The van der Waals surface area contributed by atoms with Crippen molar-refractivity contribution in [2.45, 2.75) is 0 Å². The Hall–Kier alpha value is -1.92. The van der Waals surface area contributed by atoms with Crippen LogP contribution in [0.5, 0.6) is 5.75 Å². The molecule has 0 unspecified atom stereocenters. The third kappa shape index (κ3) is 3.15. The molecule has 0 fully saturated rings. The summed E-state index contributed by atoms with van der Waals surface area (Å²) < 4.78 is 0.475. The summed E-state index contributed by atoms with van der Waals surface area (Å²) in [5.41, 5.74) is 0.349. The van der Waals surface area contributed by atoms with Gasteiger partial charge < -0.3 is 5.11 Å². The minimum Gasteiger partial charge on any atom is -0.502 e. The van der Waals surface area contributed by atoms with Crippen LogP contribution in [0.4, 0.5) is 11.4 Å². The summed E-state index contributed by atoms with van der Waals surface area (Å²) in [6.07, 6.45) is 1.33. The van der Waals surface area contributed by atoms with Crippen LogP contribution >= 0.6 is 27.5 Å². The van der Waals surface area contributed by atoms with Crippen molar-refractivity contribution < 1.29 is 10.0 Å². The molecule has 1 N–H and O–H groups in total. The van der Waals surface area contributed by atoms with Crippen LogP contribution in [0.15, 0.2) is 45.9 Å². The zero-order valence-electron chi connectivity index (χ0n) is 9.96. The highest BCUT2D eigenvalue weighted by molar-refractivity contribution is 9.10. The Morgan fingerprint density at radius 3 is 2.70 bits per heavy atom. The number of aliphatic imine (C=N–C) groups is 1. The highest BCUT2D eigenvalue weighted by Gasteiger charge is 2.17. The second-order valence-electron chi connectivity index (χ2n) is 3.83. The Bertz CT molecular complexity index is 704. The molecule has 0 heterocycles. The lowest BCUT2D eigenvalue weighted by Crippen LogP contribution is -1.92. The van der Waals surface area contributed by atoms with E-state index in [4.69, 9.17) is 11.6 Å². The Morgan fingerprint density at radius 1 is 1.35 bits per heavy atom. The molecule has 7 heteroatoms. The maximum absolute atomic E-state index is 10.8. The van der Waals surface area contributed by atoms with Crippen LogP contribution in [0.1, 0.15) is 5.56 Å². The van der Waals surface area contributed by atoms with Gasteiger partial charge in [0.05, 0.1) is 15.6 Å². The molecular weight excluding hydrogens is 348 g/mol. The SMILES string of the molecule is O=[N+]([O-])c1cc(Br)cc(C=Nc2ccccc2Cl)c1O. The summed E-state index contributed by atoms with van der Waals surface area (Å²) in [7, 11) is 0. The minimum atomic E-state index is -0.660. The monoisotopic (exact) mass is 354 g/mol. The molecule has 102 valence electrons. The number of rotatable bonds is 3. The van der Waals surface area contributed by atoms with Crippen LogP contribution in [0.25, 0.3) is 0 Å². The summed E-state index contributed by atoms with van der Waals surface area (Å²) in [5.74, 6) is -0.436. The number of nitrogens with zero attached hydrogens (tertiary/aromatic N) is 2. The Balaban J connectivity index is 2.44. The number of aromatic hydroxyl groups is 1. The molecule has 0 aliphatic carbocycles. The zero-order valence-corrected chi connectivity index (χ0v) is 12.3. The third-order valence-electron chi connectivity index (χ3n) is 2.48. The van der Waals surface area contributed by atoms with Gasteiger partial charge in [0.1, 0.15) is 0 Å². The molecule has 2 aromatic rings. The van der Waals surface area contributed by atoms with E-state index in [9.17, 15) is 15.2 Å². The predicted octanol–water partition coefficient (Wildman–Crippen LogP) is 4.47. The van der Waals surface area contributed by atoms with Crippen molar-refractivity contribution in [3.63, 3.8) is 0 Å². The van der Waals surface area contributed by atoms with Gasteiger partial charge in [0.2, 0.25) is 5.75 Å². The van der Waals surface area contributed by atoms with Crippen molar-refractivity contribution in [3.05, 3.63) is 61.6 Å². The molecule has 0 bridgehead atoms. The lowest BCUT2D eigenvalue weighted by atomic mass is 10.2. The molecule has 0 radical (unpaired) electrons. The van der Waals surface area contributed by atoms with Crippen molar-refractivity contribution in [1.82, 2.24) is 0 Å². The van der Waals surface area contributed by atoms with E-state index < -0.39 is 10.7 Å². The smallest absolute Gasteiger partial charge is 0.312 e. The summed E-state index contributed by atoms with van der Waals surface area (Å²) in [6, 6.07) is 9.66. The number of nitro benzene ring substituents is 1. The Morgan fingerprint density at radius 2 is 2.05 bits per heavy atom. The molecule has 0 saturated heterocycles. The van der Waals surface area contributed by atoms with Crippen LogP contribution < -0.4 is 0 Å². The lowest BCUT2D eigenvalue weighted by molar-refractivity contribution is -0.385. The van der Waals surface area contributed by atoms with Gasteiger partial charge in [-0.15, -0.1) is 0 Å². The third-order valence-corrected chi connectivity index (χ3v) is 3.25. The van der Waals surface area contributed by atoms with E-state index in [2.05, 4.69) is 20.9 Å². The average molecular weight is 356 g/mol. The van der Waals surface area contributed by atoms with Gasteiger partial charge in [-0.3, -0.25) is 15.1 Å². The van der Waals surface area contributed by atoms with Crippen LogP contribution in [-0.2, 0) is 0 Å². The molecule has 0 atom stereocenters. The maximum atomic E-state index is 10.8. The fraction of sp³-hybridized carbons (Fsp3) is 0. The normalized spacial score (nSPS) is 10.9. The second-order valence-corrected chi connectivity index (χ2v) is 5.15. The zero-order chi connectivity index (χ0) is 14.7. The molecule has 0 aliphatic heterocycles. The molecule has 2 aromatic carbocycles. The maximum Gasteiger partial charge on any atom is 0.312 e. The number of halogens is 2. The van der Waals surface area contributed by atoms with Crippen LogP contribution in [0.3, 0.4) is 0 Å². The lowest BCUT2D eigenvalue weighted by Gasteiger charge is -2.02. The van der Waals surface area contributed by atoms with E-state index in [-0.39, 0.29) is 11.3 Å². The molecule has 0 amide bonds. The fourth-order valence-corrected chi connectivity index (χ4v) is 2.19. The van der Waals surface area contributed by atoms with Crippen molar-refractivity contribution >= 4 is 45.1 Å². The first-order valence-electron chi connectivity index (χ1n) is 5.44. The molecular formula is C13H8BrClN2O3. The van der Waals surface area contributed by atoms with Crippen LogP contribution in [-0.4, -0.2) is 16.2 Å². The number of phenols is 1. The largest absolute Gasteiger partial charge is 0.502 e. The van der Waals surface area contributed by atoms with Gasteiger partial charge in [-0.05, 0) is 18.2 Å². The standard InChI is InChI=1S/C13H8BrClN2O3/c14-9-5-8(13(18)12(6-9)17(19)20)7-16-11-4-2-1-3-10(11)15/h1-7,18H. The summed E-state index contributed by atoms with van der Waals surface area (Å²) in [4.78, 5) is 14.3. The van der Waals surface area contributed by atoms with Crippen LogP contribution in [0, 0.1) is 10.1 Å². The topological polar surface area (TPSA) is 75.7 Å². The first kappa shape index (κ1) is 14.5. The molecule has 20 heavy (non-hydrogen) atoms. The Labute approximate surface area is 127 Å². The second kappa shape index (κ2) is 6.02. The summed E-state index contributed by atoms with van der Waals surface area (Å²) in [5, 5.41) is 21.1. The molecule has 0 aliphatic rings. The van der Waals surface area contributed by atoms with Gasteiger partial charge in [0, 0.05) is 22.3 Å². The van der Waals surface area contributed by atoms with E-state index in [0.717, 1.165) is 0 Å².